The van der Waals surface area contributed by atoms with Gasteiger partial charge < -0.3 is 14.8 Å². The molecule has 1 aliphatic rings. The summed E-state index contributed by atoms with van der Waals surface area (Å²) in [5.41, 5.74) is 1.42. The summed E-state index contributed by atoms with van der Waals surface area (Å²) < 4.78 is 10.8. The van der Waals surface area contributed by atoms with E-state index in [0.717, 1.165) is 38.2 Å². The number of ether oxygens (including phenoxy) is 2. The maximum absolute atomic E-state index is 11.7. The summed E-state index contributed by atoms with van der Waals surface area (Å²) in [6, 6.07) is 7.75. The zero-order chi connectivity index (χ0) is 16.0. The van der Waals surface area contributed by atoms with Gasteiger partial charge in [0.1, 0.15) is 5.60 Å². The molecule has 22 heavy (non-hydrogen) atoms. The molecule has 0 aromatic heterocycles. The maximum Gasteiger partial charge on any atom is 0.412 e. The highest BCUT2D eigenvalue weighted by atomic mass is 16.6. The molecule has 0 bridgehead atoms. The van der Waals surface area contributed by atoms with Crippen molar-refractivity contribution >= 4 is 11.8 Å². The molecule has 1 aromatic rings. The second-order valence-electron chi connectivity index (χ2n) is 6.59. The van der Waals surface area contributed by atoms with E-state index >= 15 is 0 Å². The Balaban J connectivity index is 1.73. The van der Waals surface area contributed by atoms with Crippen LogP contribution in [0.1, 0.15) is 39.2 Å². The van der Waals surface area contributed by atoms with Crippen molar-refractivity contribution in [1.29, 1.82) is 0 Å². The van der Waals surface area contributed by atoms with Crippen LogP contribution in [0.15, 0.2) is 24.3 Å². The lowest BCUT2D eigenvalue weighted by Gasteiger charge is -2.19. The van der Waals surface area contributed by atoms with Gasteiger partial charge >= 0.3 is 6.09 Å². The van der Waals surface area contributed by atoms with Crippen LogP contribution in [-0.4, -0.2) is 30.9 Å². The van der Waals surface area contributed by atoms with Crippen LogP contribution >= 0.6 is 0 Å². The molecular weight excluding hydrogens is 280 g/mol. The molecule has 1 fully saturated rings. The lowest BCUT2D eigenvalue weighted by Crippen LogP contribution is -2.27. The molecule has 5 nitrogen and oxygen atoms in total. The number of hydrogen-bond acceptors (Lipinski definition) is 4. The highest BCUT2D eigenvalue weighted by molar-refractivity contribution is 5.84. The van der Waals surface area contributed by atoms with Crippen molar-refractivity contribution in [1.82, 2.24) is 5.32 Å². The van der Waals surface area contributed by atoms with Crippen molar-refractivity contribution in [3.05, 3.63) is 29.8 Å². The Morgan fingerprint density at radius 3 is 2.64 bits per heavy atom. The van der Waals surface area contributed by atoms with Gasteiger partial charge in [-0.2, -0.15) is 0 Å². The highest BCUT2D eigenvalue weighted by Gasteiger charge is 2.16. The van der Waals surface area contributed by atoms with Crippen LogP contribution < -0.4 is 10.6 Å². The molecule has 1 amide bonds. The third-order valence-electron chi connectivity index (χ3n) is 3.32. The first-order chi connectivity index (χ1) is 10.4. The first-order valence-electron chi connectivity index (χ1n) is 7.84. The number of hydrogen-bond donors (Lipinski definition) is 2. The average Bonchev–Trinajstić information content (AvgIpc) is 2.92. The fourth-order valence-corrected chi connectivity index (χ4v) is 2.31. The van der Waals surface area contributed by atoms with Crippen molar-refractivity contribution in [2.45, 2.75) is 51.9 Å². The van der Waals surface area contributed by atoms with Gasteiger partial charge in [-0.3, -0.25) is 5.32 Å². The largest absolute Gasteiger partial charge is 0.444 e. The van der Waals surface area contributed by atoms with E-state index in [0.29, 0.717) is 6.10 Å². The van der Waals surface area contributed by atoms with Gasteiger partial charge in [0.2, 0.25) is 0 Å². The van der Waals surface area contributed by atoms with Gasteiger partial charge in [-0.25, -0.2) is 4.79 Å². The molecule has 5 heteroatoms. The van der Waals surface area contributed by atoms with E-state index < -0.39 is 11.7 Å². The zero-order valence-corrected chi connectivity index (χ0v) is 13.6. The minimum absolute atomic E-state index is 0.355. The predicted octanol–water partition coefficient (Wildman–Crippen LogP) is 3.30. The summed E-state index contributed by atoms with van der Waals surface area (Å²) in [7, 11) is 0. The molecule has 0 spiro atoms. The smallest absolute Gasteiger partial charge is 0.412 e. The average molecular weight is 306 g/mol. The number of amides is 1. The number of nitrogens with one attached hydrogen (secondary N) is 2. The van der Waals surface area contributed by atoms with Gasteiger partial charge in [-0.15, -0.1) is 0 Å². The van der Waals surface area contributed by atoms with Crippen LogP contribution in [0.4, 0.5) is 10.5 Å². The molecule has 1 saturated heterocycles. The van der Waals surface area contributed by atoms with Gasteiger partial charge in [-0.05, 0) is 51.3 Å². The van der Waals surface area contributed by atoms with Crippen LogP contribution in [-0.2, 0) is 16.0 Å². The van der Waals surface area contributed by atoms with E-state index in [1.54, 1.807) is 0 Å². The Morgan fingerprint density at radius 1 is 1.32 bits per heavy atom. The number of benzene rings is 1. The minimum Gasteiger partial charge on any atom is -0.444 e. The minimum atomic E-state index is -0.490. The molecule has 0 radical (unpaired) electrons. The van der Waals surface area contributed by atoms with Crippen molar-refractivity contribution in [3.8, 4) is 0 Å². The lowest BCUT2D eigenvalue weighted by molar-refractivity contribution is 0.0636. The molecule has 1 heterocycles. The van der Waals surface area contributed by atoms with E-state index in [1.165, 1.54) is 5.56 Å². The van der Waals surface area contributed by atoms with Crippen LogP contribution in [0.2, 0.25) is 0 Å². The first-order valence-corrected chi connectivity index (χ1v) is 7.84. The second-order valence-corrected chi connectivity index (χ2v) is 6.59. The van der Waals surface area contributed by atoms with Crippen molar-refractivity contribution in [2.24, 2.45) is 0 Å². The van der Waals surface area contributed by atoms with E-state index in [1.807, 2.05) is 45.0 Å². The van der Waals surface area contributed by atoms with E-state index in [2.05, 4.69) is 10.6 Å². The van der Waals surface area contributed by atoms with Gasteiger partial charge in [0.05, 0.1) is 6.10 Å². The normalized spacial score (nSPS) is 18.2. The number of carbonyl (C=O) groups is 1. The summed E-state index contributed by atoms with van der Waals surface area (Å²) in [5.74, 6) is 0. The third-order valence-corrected chi connectivity index (χ3v) is 3.32. The summed E-state index contributed by atoms with van der Waals surface area (Å²) >= 11 is 0. The standard InChI is InChI=1S/C17H26N2O3/c1-17(2,3)22-16(20)19-14-8-6-13(7-9-14)11-18-12-15-5-4-10-21-15/h6-9,15,18H,4-5,10-12H2,1-3H3,(H,19,20). The molecule has 2 N–H and O–H groups in total. The van der Waals surface area contributed by atoms with Crippen molar-refractivity contribution in [2.75, 3.05) is 18.5 Å². The second kappa shape index (κ2) is 7.61. The molecule has 0 saturated carbocycles. The van der Waals surface area contributed by atoms with Gasteiger partial charge in [0, 0.05) is 25.4 Å². The number of anilines is 1. The number of rotatable bonds is 5. The Kier molecular flexibility index (Phi) is 5.80. The Hall–Kier alpha value is -1.59. The molecule has 1 atom stereocenters. The fraction of sp³-hybridized carbons (Fsp3) is 0.588. The molecule has 2 rings (SSSR count). The van der Waals surface area contributed by atoms with Crippen molar-refractivity contribution in [3.63, 3.8) is 0 Å². The summed E-state index contributed by atoms with van der Waals surface area (Å²) in [6.45, 7) is 8.10. The fourth-order valence-electron chi connectivity index (χ4n) is 2.31. The van der Waals surface area contributed by atoms with Crippen LogP contribution in [0.3, 0.4) is 0 Å². The Bertz CT molecular complexity index is 474. The summed E-state index contributed by atoms with van der Waals surface area (Å²) in [5, 5.41) is 6.12. The third kappa shape index (κ3) is 6.03. The van der Waals surface area contributed by atoms with Crippen LogP contribution in [0, 0.1) is 0 Å². The van der Waals surface area contributed by atoms with E-state index in [-0.39, 0.29) is 0 Å². The molecule has 122 valence electrons. The Labute approximate surface area is 132 Å². The van der Waals surface area contributed by atoms with Crippen molar-refractivity contribution < 1.29 is 14.3 Å². The molecule has 1 unspecified atom stereocenters. The quantitative estimate of drug-likeness (QED) is 0.876. The molecule has 1 aliphatic heterocycles. The van der Waals surface area contributed by atoms with Gasteiger partial charge in [-0.1, -0.05) is 12.1 Å². The molecule has 0 aliphatic carbocycles. The van der Waals surface area contributed by atoms with Gasteiger partial charge in [0.25, 0.3) is 0 Å². The SMILES string of the molecule is CC(C)(C)OC(=O)Nc1ccc(CNCC2CCCO2)cc1. The zero-order valence-electron chi connectivity index (χ0n) is 13.6. The molecule has 1 aromatic carbocycles. The summed E-state index contributed by atoms with van der Waals surface area (Å²) in [4.78, 5) is 11.7. The first kappa shape index (κ1) is 16.8. The topological polar surface area (TPSA) is 59.6 Å². The maximum atomic E-state index is 11.7. The van der Waals surface area contributed by atoms with E-state index in [9.17, 15) is 4.79 Å². The summed E-state index contributed by atoms with van der Waals surface area (Å²) in [6.07, 6.45) is 2.23. The lowest BCUT2D eigenvalue weighted by atomic mass is 10.2. The molecular formula is C17H26N2O3. The Morgan fingerprint density at radius 2 is 2.05 bits per heavy atom. The van der Waals surface area contributed by atoms with Crippen LogP contribution in [0.5, 0.6) is 0 Å². The van der Waals surface area contributed by atoms with Gasteiger partial charge in [0.15, 0.2) is 0 Å². The van der Waals surface area contributed by atoms with E-state index in [4.69, 9.17) is 9.47 Å². The van der Waals surface area contributed by atoms with Crippen LogP contribution in [0.25, 0.3) is 0 Å². The number of carbonyl (C=O) groups excluding carboxylic acids is 1. The highest BCUT2D eigenvalue weighted by Crippen LogP contribution is 2.14. The predicted molar refractivity (Wildman–Crippen MR) is 87.0 cm³/mol. The monoisotopic (exact) mass is 306 g/mol.